The molecular formula is C20H20ClN5OS2. The maximum Gasteiger partial charge on any atom is 0.183 e. The lowest BCUT2D eigenvalue weighted by Gasteiger charge is -2.12. The molecule has 4 aromatic rings. The van der Waals surface area contributed by atoms with Crippen LogP contribution in [0.1, 0.15) is 11.3 Å². The number of fused-ring (bicyclic) bond motifs is 1. The first-order chi connectivity index (χ1) is 14.1. The summed E-state index contributed by atoms with van der Waals surface area (Å²) in [4.78, 5) is 14.6. The summed E-state index contributed by atoms with van der Waals surface area (Å²) >= 11 is 9.23. The Labute approximate surface area is 181 Å². The number of hydrogen-bond donors (Lipinski definition) is 2. The number of rotatable bonds is 8. The molecule has 3 N–H and O–H groups in total. The van der Waals surface area contributed by atoms with Gasteiger partial charge in [0.1, 0.15) is 5.01 Å². The zero-order valence-electron chi connectivity index (χ0n) is 15.8. The van der Waals surface area contributed by atoms with Crippen LogP contribution in [0.2, 0.25) is 5.02 Å². The van der Waals surface area contributed by atoms with E-state index < -0.39 is 0 Å². The molecule has 0 aliphatic carbocycles. The largest absolute Gasteiger partial charge is 0.378 e. The predicted octanol–water partition coefficient (Wildman–Crippen LogP) is 4.60. The van der Waals surface area contributed by atoms with Crippen LogP contribution in [0.25, 0.3) is 20.1 Å². The van der Waals surface area contributed by atoms with Gasteiger partial charge < -0.3 is 15.8 Å². The minimum atomic E-state index is -0.0554. The number of aromatic nitrogens is 3. The summed E-state index contributed by atoms with van der Waals surface area (Å²) < 4.78 is 6.39. The average Bonchev–Trinajstić information content (AvgIpc) is 3.30. The number of pyridine rings is 1. The van der Waals surface area contributed by atoms with Gasteiger partial charge in [-0.3, -0.25) is 4.98 Å². The van der Waals surface area contributed by atoms with E-state index in [9.17, 15) is 0 Å². The number of nitrogens with zero attached hydrogens (tertiary/aromatic N) is 3. The lowest BCUT2D eigenvalue weighted by atomic mass is 10.1. The smallest absolute Gasteiger partial charge is 0.183 e. The maximum atomic E-state index is 6.30. The molecule has 1 aromatic carbocycles. The van der Waals surface area contributed by atoms with Gasteiger partial charge in [-0.1, -0.05) is 35.1 Å². The summed E-state index contributed by atoms with van der Waals surface area (Å²) in [5, 5.41) is 5.82. The molecule has 150 valence electrons. The van der Waals surface area contributed by atoms with Crippen LogP contribution in [0, 0.1) is 0 Å². The van der Waals surface area contributed by atoms with E-state index in [1.54, 1.807) is 36.0 Å². The van der Waals surface area contributed by atoms with Crippen LogP contribution in [0.15, 0.2) is 42.7 Å². The highest BCUT2D eigenvalue weighted by Gasteiger charge is 2.17. The van der Waals surface area contributed by atoms with Crippen molar-refractivity contribution in [3.63, 3.8) is 0 Å². The predicted molar refractivity (Wildman–Crippen MR) is 121 cm³/mol. The van der Waals surface area contributed by atoms with E-state index in [-0.39, 0.29) is 6.04 Å². The van der Waals surface area contributed by atoms with Crippen LogP contribution in [0.5, 0.6) is 0 Å². The third kappa shape index (κ3) is 4.91. The number of benzene rings is 1. The molecule has 4 rings (SSSR count). The number of anilines is 1. The Morgan fingerprint density at radius 1 is 1.24 bits per heavy atom. The SMILES string of the molecule is COCc1nc(NC[C@H](N)Cc2cccc(Cl)c2)sc1-c1nc2ccncc2s1. The van der Waals surface area contributed by atoms with Crippen molar-refractivity contribution in [2.75, 3.05) is 19.0 Å². The fraction of sp³-hybridized carbons (Fsp3) is 0.250. The van der Waals surface area contributed by atoms with E-state index in [4.69, 9.17) is 32.0 Å². The van der Waals surface area contributed by atoms with Crippen LogP contribution < -0.4 is 11.1 Å². The molecule has 3 heterocycles. The van der Waals surface area contributed by atoms with Crippen molar-refractivity contribution in [3.8, 4) is 9.88 Å². The molecule has 0 aliphatic rings. The zero-order valence-corrected chi connectivity index (χ0v) is 18.2. The number of nitrogens with two attached hydrogens (primary N) is 1. The van der Waals surface area contributed by atoms with Crippen molar-refractivity contribution < 1.29 is 4.74 Å². The fourth-order valence-corrected chi connectivity index (χ4v) is 5.18. The van der Waals surface area contributed by atoms with Crippen LogP contribution in [-0.4, -0.2) is 34.6 Å². The van der Waals surface area contributed by atoms with E-state index in [1.807, 2.05) is 36.5 Å². The van der Waals surface area contributed by atoms with Crippen molar-refractivity contribution in [3.05, 3.63) is 59.0 Å². The zero-order chi connectivity index (χ0) is 20.2. The third-order valence-electron chi connectivity index (χ3n) is 4.27. The minimum absolute atomic E-state index is 0.0554. The van der Waals surface area contributed by atoms with Crippen LogP contribution in [0.3, 0.4) is 0 Å². The number of hydrogen-bond acceptors (Lipinski definition) is 8. The Hall–Kier alpha value is -2.10. The van der Waals surface area contributed by atoms with Gasteiger partial charge in [0.25, 0.3) is 0 Å². The summed E-state index contributed by atoms with van der Waals surface area (Å²) in [6.45, 7) is 1.03. The van der Waals surface area contributed by atoms with Crippen molar-refractivity contribution in [1.82, 2.24) is 15.0 Å². The number of methoxy groups -OCH3 is 1. The summed E-state index contributed by atoms with van der Waals surface area (Å²) in [5.74, 6) is 0. The number of halogens is 1. The van der Waals surface area contributed by atoms with Crippen molar-refractivity contribution in [2.45, 2.75) is 19.1 Å². The lowest BCUT2D eigenvalue weighted by Crippen LogP contribution is -2.31. The molecule has 1 atom stereocenters. The van der Waals surface area contributed by atoms with Gasteiger partial charge in [-0.15, -0.1) is 11.3 Å². The van der Waals surface area contributed by atoms with Gasteiger partial charge >= 0.3 is 0 Å². The van der Waals surface area contributed by atoms with Crippen molar-refractivity contribution in [2.24, 2.45) is 5.73 Å². The average molecular weight is 446 g/mol. The third-order valence-corrected chi connectivity index (χ3v) is 6.72. The molecule has 0 radical (unpaired) electrons. The van der Waals surface area contributed by atoms with Crippen molar-refractivity contribution in [1.29, 1.82) is 0 Å². The summed E-state index contributed by atoms with van der Waals surface area (Å²) in [6, 6.07) is 9.64. The highest BCUT2D eigenvalue weighted by atomic mass is 35.5. The Morgan fingerprint density at radius 2 is 2.14 bits per heavy atom. The second-order valence-electron chi connectivity index (χ2n) is 6.57. The molecule has 0 fully saturated rings. The maximum absolute atomic E-state index is 6.30. The molecule has 0 unspecified atom stereocenters. The minimum Gasteiger partial charge on any atom is -0.378 e. The Kier molecular flexibility index (Phi) is 6.37. The summed E-state index contributed by atoms with van der Waals surface area (Å²) in [7, 11) is 1.67. The first kappa shape index (κ1) is 20.2. The Balaban J connectivity index is 1.48. The van der Waals surface area contributed by atoms with Crippen molar-refractivity contribution >= 4 is 49.6 Å². The van der Waals surface area contributed by atoms with Gasteiger partial charge in [-0.05, 0) is 30.2 Å². The number of nitrogens with one attached hydrogen (secondary N) is 1. The number of ether oxygens (including phenoxy) is 1. The van der Waals surface area contributed by atoms with Gasteiger partial charge in [-0.25, -0.2) is 9.97 Å². The highest BCUT2D eigenvalue weighted by Crippen LogP contribution is 2.37. The Morgan fingerprint density at radius 3 is 2.93 bits per heavy atom. The molecule has 9 heteroatoms. The van der Waals surface area contributed by atoms with Gasteiger partial charge in [0.05, 0.1) is 27.4 Å². The normalized spacial score (nSPS) is 12.4. The molecule has 3 aromatic heterocycles. The Bertz CT molecular complexity index is 1080. The molecule has 0 saturated carbocycles. The van der Waals surface area contributed by atoms with E-state index in [1.165, 1.54) is 0 Å². The van der Waals surface area contributed by atoms with E-state index in [2.05, 4.69) is 10.3 Å². The molecule has 6 nitrogen and oxygen atoms in total. The van der Waals surface area contributed by atoms with Gasteiger partial charge in [0.2, 0.25) is 0 Å². The molecule has 0 bridgehead atoms. The van der Waals surface area contributed by atoms with Crippen LogP contribution in [-0.2, 0) is 17.8 Å². The van der Waals surface area contributed by atoms with E-state index in [0.29, 0.717) is 13.2 Å². The van der Waals surface area contributed by atoms with E-state index >= 15 is 0 Å². The first-order valence-corrected chi connectivity index (χ1v) is 11.1. The summed E-state index contributed by atoms with van der Waals surface area (Å²) in [5.41, 5.74) is 9.23. The topological polar surface area (TPSA) is 86.0 Å². The first-order valence-electron chi connectivity index (χ1n) is 9.06. The molecule has 0 spiro atoms. The standard InChI is InChI=1S/C20H20ClN5OS2/c1-27-11-16-18(19-25-15-5-6-23-10-17(15)28-19)29-20(26-16)24-9-14(22)8-12-3-2-4-13(21)7-12/h2-7,10,14H,8-9,11,22H2,1H3,(H,24,26)/t14-/m1/s1. The molecule has 0 amide bonds. The highest BCUT2D eigenvalue weighted by molar-refractivity contribution is 7.26. The monoisotopic (exact) mass is 445 g/mol. The number of thiazole rings is 2. The van der Waals surface area contributed by atoms with Gasteiger partial charge in [0.15, 0.2) is 5.13 Å². The molecular weight excluding hydrogens is 426 g/mol. The summed E-state index contributed by atoms with van der Waals surface area (Å²) in [6.07, 6.45) is 4.33. The van der Waals surface area contributed by atoms with Crippen LogP contribution >= 0.6 is 34.3 Å². The second kappa shape index (κ2) is 9.15. The molecule has 0 saturated heterocycles. The van der Waals surface area contributed by atoms with Crippen LogP contribution in [0.4, 0.5) is 5.13 Å². The lowest BCUT2D eigenvalue weighted by molar-refractivity contribution is 0.182. The second-order valence-corrected chi connectivity index (χ2v) is 9.03. The molecule has 29 heavy (non-hydrogen) atoms. The van der Waals surface area contributed by atoms with Gasteiger partial charge in [0, 0.05) is 37.1 Å². The van der Waals surface area contributed by atoms with Gasteiger partial charge in [-0.2, -0.15) is 0 Å². The van der Waals surface area contributed by atoms with E-state index in [0.717, 1.165) is 47.9 Å². The fourth-order valence-electron chi connectivity index (χ4n) is 2.96. The quantitative estimate of drug-likeness (QED) is 0.412. The molecule has 0 aliphatic heterocycles.